The van der Waals surface area contributed by atoms with E-state index in [1.54, 1.807) is 5.57 Å². The molecule has 1 aliphatic rings. The summed E-state index contributed by atoms with van der Waals surface area (Å²) in [5.74, 6) is 2.25. The molecule has 0 bridgehead atoms. The summed E-state index contributed by atoms with van der Waals surface area (Å²) < 4.78 is 6.31. The van der Waals surface area contributed by atoms with Crippen LogP contribution in [0.3, 0.4) is 0 Å². The van der Waals surface area contributed by atoms with Crippen molar-refractivity contribution in [3.63, 3.8) is 0 Å². The third-order valence-electron chi connectivity index (χ3n) is 8.04. The fourth-order valence-corrected chi connectivity index (χ4v) is 5.12. The summed E-state index contributed by atoms with van der Waals surface area (Å²) in [5, 5.41) is 10.5. The Morgan fingerprint density at radius 3 is 2.30 bits per heavy atom. The third kappa shape index (κ3) is 12.6. The molecule has 0 fully saturated rings. The smallest absolute Gasteiger partial charge is 0.0815 e. The SMILES string of the molecule is CCCCCC(C)CCC=C(C)CCCC(C)CCC1=CC(O)C(C)C(C)C1OCCCC. The molecule has 0 radical (unpaired) electrons. The Morgan fingerprint density at radius 1 is 0.939 bits per heavy atom. The first-order chi connectivity index (χ1) is 15.8. The molecule has 0 spiro atoms. The lowest BCUT2D eigenvalue weighted by Crippen LogP contribution is -2.39. The lowest BCUT2D eigenvalue weighted by molar-refractivity contribution is -0.0123. The van der Waals surface area contributed by atoms with Gasteiger partial charge in [-0.15, -0.1) is 0 Å². The van der Waals surface area contributed by atoms with E-state index >= 15 is 0 Å². The van der Waals surface area contributed by atoms with E-state index in [0.717, 1.165) is 31.3 Å². The molecule has 0 aromatic carbocycles. The summed E-state index contributed by atoms with van der Waals surface area (Å²) in [5.41, 5.74) is 2.92. The molecule has 1 N–H and O–H groups in total. The van der Waals surface area contributed by atoms with Crippen LogP contribution in [-0.4, -0.2) is 23.9 Å². The summed E-state index contributed by atoms with van der Waals surface area (Å²) in [7, 11) is 0. The van der Waals surface area contributed by atoms with Crippen LogP contribution in [0.5, 0.6) is 0 Å². The van der Waals surface area contributed by atoms with Gasteiger partial charge in [0.25, 0.3) is 0 Å². The van der Waals surface area contributed by atoms with Crippen molar-refractivity contribution in [2.75, 3.05) is 6.61 Å². The van der Waals surface area contributed by atoms with Crippen LogP contribution in [0.15, 0.2) is 23.3 Å². The van der Waals surface area contributed by atoms with Gasteiger partial charge in [0.15, 0.2) is 0 Å². The zero-order chi connectivity index (χ0) is 24.6. The highest BCUT2D eigenvalue weighted by Crippen LogP contribution is 2.35. The van der Waals surface area contributed by atoms with Gasteiger partial charge in [0, 0.05) is 6.61 Å². The van der Waals surface area contributed by atoms with E-state index in [1.165, 1.54) is 76.2 Å². The minimum absolute atomic E-state index is 0.191. The van der Waals surface area contributed by atoms with Crippen LogP contribution in [-0.2, 0) is 4.74 Å². The monoisotopic (exact) mass is 462 g/mol. The third-order valence-corrected chi connectivity index (χ3v) is 8.04. The molecule has 6 unspecified atom stereocenters. The molecule has 6 atom stereocenters. The maximum absolute atomic E-state index is 10.5. The highest BCUT2D eigenvalue weighted by Gasteiger charge is 2.34. The fraction of sp³-hybridized carbons (Fsp3) is 0.871. The quantitative estimate of drug-likeness (QED) is 0.162. The Morgan fingerprint density at radius 2 is 1.61 bits per heavy atom. The van der Waals surface area contributed by atoms with Gasteiger partial charge in [0.05, 0.1) is 12.2 Å². The number of ether oxygens (including phenoxy) is 1. The van der Waals surface area contributed by atoms with E-state index in [2.05, 4.69) is 60.6 Å². The zero-order valence-corrected chi connectivity index (χ0v) is 23.4. The van der Waals surface area contributed by atoms with Crippen molar-refractivity contribution in [3.8, 4) is 0 Å². The van der Waals surface area contributed by atoms with E-state index in [4.69, 9.17) is 4.74 Å². The molecular weight excluding hydrogens is 404 g/mol. The number of unbranched alkanes of at least 4 members (excludes halogenated alkanes) is 3. The van der Waals surface area contributed by atoms with E-state index < -0.39 is 0 Å². The molecule has 2 heteroatoms. The largest absolute Gasteiger partial charge is 0.389 e. The summed E-state index contributed by atoms with van der Waals surface area (Å²) in [6, 6.07) is 0. The Labute approximate surface area is 207 Å². The van der Waals surface area contributed by atoms with Gasteiger partial charge in [-0.2, -0.15) is 0 Å². The molecule has 2 nitrogen and oxygen atoms in total. The molecule has 194 valence electrons. The normalized spacial score (nSPS) is 25.7. The summed E-state index contributed by atoms with van der Waals surface area (Å²) in [4.78, 5) is 0. The maximum Gasteiger partial charge on any atom is 0.0815 e. The van der Waals surface area contributed by atoms with Crippen LogP contribution >= 0.6 is 0 Å². The topological polar surface area (TPSA) is 29.5 Å². The Bertz CT molecular complexity index is 549. The first-order valence-electron chi connectivity index (χ1n) is 14.5. The Hall–Kier alpha value is -0.600. The molecule has 0 amide bonds. The summed E-state index contributed by atoms with van der Waals surface area (Å²) in [6.07, 6.45) is 21.0. The van der Waals surface area contributed by atoms with Crippen LogP contribution in [0.4, 0.5) is 0 Å². The first kappa shape index (κ1) is 30.4. The average molecular weight is 463 g/mol. The van der Waals surface area contributed by atoms with Crippen molar-refractivity contribution >= 4 is 0 Å². The molecular formula is C31H58O2. The van der Waals surface area contributed by atoms with Gasteiger partial charge < -0.3 is 9.84 Å². The zero-order valence-electron chi connectivity index (χ0n) is 23.4. The molecule has 0 aromatic heterocycles. The van der Waals surface area contributed by atoms with Crippen LogP contribution in [0, 0.1) is 23.7 Å². The molecule has 1 aliphatic carbocycles. The van der Waals surface area contributed by atoms with Crippen molar-refractivity contribution in [2.45, 2.75) is 144 Å². The lowest BCUT2D eigenvalue weighted by atomic mass is 9.76. The van der Waals surface area contributed by atoms with Crippen LogP contribution in [0.25, 0.3) is 0 Å². The molecule has 0 saturated carbocycles. The number of aliphatic hydroxyl groups is 1. The molecule has 33 heavy (non-hydrogen) atoms. The van der Waals surface area contributed by atoms with Crippen molar-refractivity contribution in [3.05, 3.63) is 23.3 Å². The minimum Gasteiger partial charge on any atom is -0.389 e. The summed E-state index contributed by atoms with van der Waals surface area (Å²) >= 11 is 0. The number of aliphatic hydroxyl groups excluding tert-OH is 1. The van der Waals surface area contributed by atoms with Crippen LogP contribution < -0.4 is 0 Å². The first-order valence-corrected chi connectivity index (χ1v) is 14.5. The fourth-order valence-electron chi connectivity index (χ4n) is 5.12. The highest BCUT2D eigenvalue weighted by atomic mass is 16.5. The molecule has 0 aliphatic heterocycles. The van der Waals surface area contributed by atoms with Crippen molar-refractivity contribution in [2.24, 2.45) is 23.7 Å². The van der Waals surface area contributed by atoms with Gasteiger partial charge >= 0.3 is 0 Å². The van der Waals surface area contributed by atoms with Gasteiger partial charge in [-0.1, -0.05) is 97.8 Å². The lowest BCUT2D eigenvalue weighted by Gasteiger charge is -2.37. The van der Waals surface area contributed by atoms with Gasteiger partial charge in [-0.05, 0) is 81.1 Å². The predicted molar refractivity (Wildman–Crippen MR) is 146 cm³/mol. The van der Waals surface area contributed by atoms with E-state index in [-0.39, 0.29) is 18.1 Å². The average Bonchev–Trinajstić information content (AvgIpc) is 2.78. The maximum atomic E-state index is 10.5. The van der Waals surface area contributed by atoms with Crippen LogP contribution in [0.1, 0.15) is 132 Å². The molecule has 0 aromatic rings. The standard InChI is InChI=1S/C31H58O2/c1-8-10-12-15-24(3)16-13-17-25(4)18-14-19-26(5)20-21-29-23-30(32)27(6)28(7)31(29)33-22-11-9-2/h17,23-24,26-28,30-32H,8-16,18-22H2,1-7H3. The number of allylic oxidation sites excluding steroid dienone is 2. The van der Waals surface area contributed by atoms with Gasteiger partial charge in [0.1, 0.15) is 0 Å². The highest BCUT2D eigenvalue weighted by molar-refractivity contribution is 5.18. The van der Waals surface area contributed by atoms with Gasteiger partial charge in [-0.25, -0.2) is 0 Å². The Kier molecular flexibility index (Phi) is 16.4. The van der Waals surface area contributed by atoms with E-state index in [1.807, 2.05) is 0 Å². The second-order valence-corrected chi connectivity index (χ2v) is 11.4. The Balaban J connectivity index is 2.35. The predicted octanol–water partition coefficient (Wildman–Crippen LogP) is 9.27. The van der Waals surface area contributed by atoms with Crippen molar-refractivity contribution in [1.82, 2.24) is 0 Å². The molecule has 1 rings (SSSR count). The van der Waals surface area contributed by atoms with Gasteiger partial charge in [-0.3, -0.25) is 0 Å². The number of rotatable bonds is 18. The van der Waals surface area contributed by atoms with E-state index in [0.29, 0.717) is 5.92 Å². The minimum atomic E-state index is -0.321. The second-order valence-electron chi connectivity index (χ2n) is 11.4. The van der Waals surface area contributed by atoms with Crippen molar-refractivity contribution in [1.29, 1.82) is 0 Å². The van der Waals surface area contributed by atoms with Crippen molar-refractivity contribution < 1.29 is 9.84 Å². The van der Waals surface area contributed by atoms with Gasteiger partial charge in [0.2, 0.25) is 0 Å². The summed E-state index contributed by atoms with van der Waals surface area (Å²) in [6.45, 7) is 16.9. The second kappa shape index (κ2) is 17.8. The van der Waals surface area contributed by atoms with E-state index in [9.17, 15) is 5.11 Å². The van der Waals surface area contributed by atoms with Crippen LogP contribution in [0.2, 0.25) is 0 Å². The molecule has 0 heterocycles. The number of hydrogen-bond acceptors (Lipinski definition) is 2. The molecule has 0 saturated heterocycles. The number of hydrogen-bond donors (Lipinski definition) is 1.